The summed E-state index contributed by atoms with van der Waals surface area (Å²) in [5.41, 5.74) is 0. The lowest BCUT2D eigenvalue weighted by molar-refractivity contribution is -0.00621. The zero-order valence-corrected chi connectivity index (χ0v) is 8.22. The maximum absolute atomic E-state index is 9.37. The molecule has 0 aromatic heterocycles. The molecule has 0 atom stereocenters. The Labute approximate surface area is 87.3 Å². The summed E-state index contributed by atoms with van der Waals surface area (Å²) in [4.78, 5) is 0. The van der Waals surface area contributed by atoms with E-state index >= 15 is 0 Å². The zero-order chi connectivity index (χ0) is 10.3. The molecule has 0 unspecified atom stereocenters. The molecule has 1 heterocycles. The lowest BCUT2D eigenvalue weighted by atomic mass is 10.1. The predicted octanol–water partition coefficient (Wildman–Crippen LogP) is 1.06. The van der Waals surface area contributed by atoms with Crippen molar-refractivity contribution in [3.63, 3.8) is 0 Å². The van der Waals surface area contributed by atoms with Crippen molar-refractivity contribution in [3.8, 4) is 0 Å². The third kappa shape index (κ3) is 1.30. The van der Waals surface area contributed by atoms with E-state index in [0.717, 1.165) is 5.22 Å². The van der Waals surface area contributed by atoms with E-state index in [1.54, 1.807) is 6.20 Å². The maximum Gasteiger partial charge on any atom is 0.0636 e. The SMILES string of the molecule is ON1C=c2ccc3ccccc3c2=CC1. The van der Waals surface area contributed by atoms with E-state index in [0.29, 0.717) is 6.54 Å². The molecule has 1 aliphatic heterocycles. The Bertz CT molecular complexity index is 631. The Morgan fingerprint density at radius 3 is 2.87 bits per heavy atom. The summed E-state index contributed by atoms with van der Waals surface area (Å²) in [6.45, 7) is 0.557. The van der Waals surface area contributed by atoms with Gasteiger partial charge in [-0.25, -0.2) is 0 Å². The van der Waals surface area contributed by atoms with E-state index in [1.807, 2.05) is 18.2 Å². The summed E-state index contributed by atoms with van der Waals surface area (Å²) >= 11 is 0. The van der Waals surface area contributed by atoms with Gasteiger partial charge in [-0.2, -0.15) is 0 Å². The van der Waals surface area contributed by atoms with Gasteiger partial charge in [-0.05, 0) is 16.0 Å². The number of rotatable bonds is 0. The number of benzene rings is 2. The molecule has 0 saturated carbocycles. The van der Waals surface area contributed by atoms with Gasteiger partial charge in [-0.15, -0.1) is 0 Å². The molecule has 15 heavy (non-hydrogen) atoms. The van der Waals surface area contributed by atoms with Crippen molar-refractivity contribution in [2.24, 2.45) is 0 Å². The van der Waals surface area contributed by atoms with E-state index < -0.39 is 0 Å². The molecular formula is C13H11NO. The largest absolute Gasteiger partial charge is 0.289 e. The maximum atomic E-state index is 9.37. The highest BCUT2D eigenvalue weighted by atomic mass is 16.5. The predicted molar refractivity (Wildman–Crippen MR) is 60.6 cm³/mol. The summed E-state index contributed by atoms with van der Waals surface area (Å²) in [6, 6.07) is 12.4. The van der Waals surface area contributed by atoms with Crippen LogP contribution in [0.2, 0.25) is 0 Å². The minimum absolute atomic E-state index is 0.557. The van der Waals surface area contributed by atoms with Crippen LogP contribution < -0.4 is 10.4 Å². The van der Waals surface area contributed by atoms with Gasteiger partial charge < -0.3 is 0 Å². The van der Waals surface area contributed by atoms with Crippen LogP contribution in [0.5, 0.6) is 0 Å². The summed E-state index contributed by atoms with van der Waals surface area (Å²) in [5, 5.41) is 15.4. The molecule has 2 nitrogen and oxygen atoms in total. The van der Waals surface area contributed by atoms with Gasteiger partial charge in [0, 0.05) is 11.4 Å². The zero-order valence-electron chi connectivity index (χ0n) is 8.22. The monoisotopic (exact) mass is 197 g/mol. The third-order valence-corrected chi connectivity index (χ3v) is 2.77. The Hall–Kier alpha value is -1.80. The lowest BCUT2D eigenvalue weighted by Gasteiger charge is -2.13. The first-order valence-electron chi connectivity index (χ1n) is 5.00. The van der Waals surface area contributed by atoms with Crippen LogP contribution in [0.3, 0.4) is 0 Å². The number of nitrogens with zero attached hydrogens (tertiary/aromatic N) is 1. The van der Waals surface area contributed by atoms with Crippen LogP contribution in [0.4, 0.5) is 0 Å². The molecule has 0 amide bonds. The normalized spacial score (nSPS) is 14.3. The molecule has 0 spiro atoms. The van der Waals surface area contributed by atoms with Gasteiger partial charge in [0.05, 0.1) is 6.54 Å². The molecule has 1 aliphatic rings. The minimum Gasteiger partial charge on any atom is -0.289 e. The molecule has 3 rings (SSSR count). The van der Waals surface area contributed by atoms with E-state index in [9.17, 15) is 5.21 Å². The Morgan fingerprint density at radius 1 is 1.07 bits per heavy atom. The third-order valence-electron chi connectivity index (χ3n) is 2.77. The molecule has 0 bridgehead atoms. The van der Waals surface area contributed by atoms with Crippen molar-refractivity contribution in [2.45, 2.75) is 0 Å². The molecule has 1 N–H and O–H groups in total. The number of hydroxylamine groups is 2. The standard InChI is InChI=1S/C13H11NO/c15-14-8-7-13-11(9-14)6-5-10-3-1-2-4-12(10)13/h1-7,9,15H,8H2. The first-order chi connectivity index (χ1) is 7.34. The second-order valence-electron chi connectivity index (χ2n) is 3.74. The van der Waals surface area contributed by atoms with Gasteiger partial charge in [-0.3, -0.25) is 10.3 Å². The van der Waals surface area contributed by atoms with Gasteiger partial charge in [0.1, 0.15) is 0 Å². The van der Waals surface area contributed by atoms with Crippen molar-refractivity contribution < 1.29 is 5.21 Å². The summed E-state index contributed by atoms with van der Waals surface area (Å²) in [6.07, 6.45) is 3.82. The van der Waals surface area contributed by atoms with Crippen molar-refractivity contribution in [1.29, 1.82) is 0 Å². The molecule has 2 heteroatoms. The van der Waals surface area contributed by atoms with Crippen LogP contribution in [0.1, 0.15) is 0 Å². The van der Waals surface area contributed by atoms with Crippen molar-refractivity contribution >= 4 is 23.0 Å². The topological polar surface area (TPSA) is 23.5 Å². The number of hydrogen-bond acceptors (Lipinski definition) is 2. The van der Waals surface area contributed by atoms with Crippen LogP contribution in [-0.2, 0) is 0 Å². The highest BCUT2D eigenvalue weighted by Crippen LogP contribution is 2.07. The van der Waals surface area contributed by atoms with Gasteiger partial charge in [0.25, 0.3) is 0 Å². The van der Waals surface area contributed by atoms with Crippen LogP contribution in [-0.4, -0.2) is 16.8 Å². The fourth-order valence-corrected chi connectivity index (χ4v) is 2.05. The highest BCUT2D eigenvalue weighted by molar-refractivity contribution is 5.84. The number of hydrogen-bond donors (Lipinski definition) is 1. The summed E-state index contributed by atoms with van der Waals surface area (Å²) < 4.78 is 0. The second-order valence-corrected chi connectivity index (χ2v) is 3.74. The van der Waals surface area contributed by atoms with Crippen molar-refractivity contribution in [1.82, 2.24) is 5.06 Å². The second kappa shape index (κ2) is 3.11. The van der Waals surface area contributed by atoms with E-state index in [1.165, 1.54) is 21.1 Å². The minimum atomic E-state index is 0.557. The lowest BCUT2D eigenvalue weighted by Crippen LogP contribution is -2.34. The van der Waals surface area contributed by atoms with Crippen molar-refractivity contribution in [2.75, 3.05) is 6.54 Å². The van der Waals surface area contributed by atoms with Gasteiger partial charge in [-0.1, -0.05) is 42.5 Å². The quantitative estimate of drug-likeness (QED) is 0.682. The molecule has 0 aliphatic carbocycles. The van der Waals surface area contributed by atoms with Crippen LogP contribution in [0, 0.1) is 0 Å². The Balaban J connectivity index is 2.51. The van der Waals surface area contributed by atoms with Crippen LogP contribution in [0.15, 0.2) is 36.4 Å². The van der Waals surface area contributed by atoms with E-state index in [4.69, 9.17) is 0 Å². The summed E-state index contributed by atoms with van der Waals surface area (Å²) in [7, 11) is 0. The molecule has 0 radical (unpaired) electrons. The fourth-order valence-electron chi connectivity index (χ4n) is 2.05. The molecule has 74 valence electrons. The summed E-state index contributed by atoms with van der Waals surface area (Å²) in [5.74, 6) is 0. The first-order valence-corrected chi connectivity index (χ1v) is 5.00. The Kier molecular flexibility index (Phi) is 1.76. The average Bonchev–Trinajstić information content (AvgIpc) is 2.28. The molecule has 0 saturated heterocycles. The van der Waals surface area contributed by atoms with Crippen molar-refractivity contribution in [3.05, 3.63) is 46.8 Å². The van der Waals surface area contributed by atoms with Gasteiger partial charge >= 0.3 is 0 Å². The highest BCUT2D eigenvalue weighted by Gasteiger charge is 2.01. The molecule has 0 fully saturated rings. The molecular weight excluding hydrogens is 186 g/mol. The fraction of sp³-hybridized carbons (Fsp3) is 0.0769. The number of fused-ring (bicyclic) bond motifs is 3. The van der Waals surface area contributed by atoms with Crippen LogP contribution >= 0.6 is 0 Å². The van der Waals surface area contributed by atoms with E-state index in [2.05, 4.69) is 24.3 Å². The smallest absolute Gasteiger partial charge is 0.0636 e. The first kappa shape index (κ1) is 8.50. The Morgan fingerprint density at radius 2 is 1.93 bits per heavy atom. The average molecular weight is 197 g/mol. The van der Waals surface area contributed by atoms with E-state index in [-0.39, 0.29) is 0 Å². The molecule has 2 aromatic rings. The van der Waals surface area contributed by atoms with Gasteiger partial charge in [0.15, 0.2) is 0 Å². The van der Waals surface area contributed by atoms with Crippen LogP contribution in [0.25, 0.3) is 23.0 Å². The van der Waals surface area contributed by atoms with Gasteiger partial charge in [0.2, 0.25) is 0 Å². The molecule has 2 aromatic carbocycles.